The molecular weight excluding hydrogens is 375 g/mol. The van der Waals surface area contributed by atoms with Gasteiger partial charge in [0.15, 0.2) is 0 Å². The fraction of sp³-hybridized carbons (Fsp3) is 0.364. The fourth-order valence-electron chi connectivity index (χ4n) is 1.49. The van der Waals surface area contributed by atoms with Crippen LogP contribution in [-0.2, 0) is 14.6 Å². The molecule has 13 heteroatoms. The molecule has 0 saturated heterocycles. The molecule has 0 atom stereocenters. The summed E-state index contributed by atoms with van der Waals surface area (Å²) < 4.78 is 113. The van der Waals surface area contributed by atoms with Gasteiger partial charge in [-0.1, -0.05) is 12.1 Å². The zero-order chi connectivity index (χ0) is 19.0. The first kappa shape index (κ1) is 20.0. The van der Waals surface area contributed by atoms with Crippen LogP contribution in [-0.4, -0.2) is 43.4 Å². The summed E-state index contributed by atoms with van der Waals surface area (Å²) in [4.78, 5) is 8.80. The van der Waals surface area contributed by atoms with Crippen LogP contribution in [0.3, 0.4) is 0 Å². The SMILES string of the molecule is O=C(O)CNc1ccccc1S(=O)(=O)C(F)(F)C(F)(F)C(F)(F)F. The number of carboxylic acid groups (broad SMARTS) is 1. The minimum Gasteiger partial charge on any atom is -0.480 e. The van der Waals surface area contributed by atoms with Gasteiger partial charge in [-0.2, -0.15) is 30.7 Å². The molecular formula is C11H8F7NO4S. The number of para-hydroxylation sites is 1. The number of hydrogen-bond acceptors (Lipinski definition) is 4. The van der Waals surface area contributed by atoms with Gasteiger partial charge in [0.1, 0.15) is 6.54 Å². The van der Waals surface area contributed by atoms with Crippen molar-refractivity contribution in [3.63, 3.8) is 0 Å². The monoisotopic (exact) mass is 383 g/mol. The molecule has 2 N–H and O–H groups in total. The standard InChI is InChI=1S/C11H8F7NO4S/c12-9(13,10(14,15)16)11(17,18)24(22,23)7-4-2-1-3-6(7)19-5-8(20)21/h1-4,19H,5H2,(H,20,21). The van der Waals surface area contributed by atoms with Gasteiger partial charge in [-0.15, -0.1) is 0 Å². The first-order valence-corrected chi connectivity index (χ1v) is 7.26. The lowest BCUT2D eigenvalue weighted by molar-refractivity contribution is -0.332. The average molecular weight is 383 g/mol. The van der Waals surface area contributed by atoms with E-state index in [0.717, 1.165) is 18.2 Å². The summed E-state index contributed by atoms with van der Waals surface area (Å²) in [5.74, 6) is -8.42. The van der Waals surface area contributed by atoms with Crippen LogP contribution >= 0.6 is 0 Å². The largest absolute Gasteiger partial charge is 0.480 e. The molecule has 0 aliphatic heterocycles. The van der Waals surface area contributed by atoms with Crippen molar-refractivity contribution in [2.45, 2.75) is 22.2 Å². The Labute approximate surface area is 130 Å². The molecule has 0 unspecified atom stereocenters. The second kappa shape index (κ2) is 6.11. The van der Waals surface area contributed by atoms with Gasteiger partial charge >= 0.3 is 23.3 Å². The number of alkyl halides is 7. The summed E-state index contributed by atoms with van der Waals surface area (Å²) in [6, 6.07) is 2.90. The van der Waals surface area contributed by atoms with E-state index in [0.29, 0.717) is 6.07 Å². The predicted octanol–water partition coefficient (Wildman–Crippen LogP) is 2.75. The van der Waals surface area contributed by atoms with Crippen molar-refractivity contribution in [2.24, 2.45) is 0 Å². The molecule has 1 aromatic carbocycles. The molecule has 0 aromatic heterocycles. The molecule has 0 spiro atoms. The van der Waals surface area contributed by atoms with Crippen LogP contribution in [0, 0.1) is 0 Å². The summed E-state index contributed by atoms with van der Waals surface area (Å²) in [5.41, 5.74) is -0.863. The third-order valence-corrected chi connectivity index (χ3v) is 4.53. The number of hydrogen-bond donors (Lipinski definition) is 2. The lowest BCUT2D eigenvalue weighted by atomic mass is 10.3. The first-order chi connectivity index (χ1) is 10.7. The minimum atomic E-state index is -6.86. The third kappa shape index (κ3) is 3.25. The molecule has 5 nitrogen and oxygen atoms in total. The Hall–Kier alpha value is -2.05. The molecule has 24 heavy (non-hydrogen) atoms. The van der Waals surface area contributed by atoms with Crippen molar-refractivity contribution in [3.8, 4) is 0 Å². The van der Waals surface area contributed by atoms with Crippen molar-refractivity contribution in [3.05, 3.63) is 24.3 Å². The van der Waals surface area contributed by atoms with E-state index in [1.807, 2.05) is 5.32 Å². The van der Waals surface area contributed by atoms with E-state index >= 15 is 0 Å². The van der Waals surface area contributed by atoms with E-state index in [1.165, 1.54) is 0 Å². The zero-order valence-corrected chi connectivity index (χ0v) is 12.1. The maximum Gasteiger partial charge on any atom is 0.461 e. The first-order valence-electron chi connectivity index (χ1n) is 5.78. The molecule has 0 aliphatic carbocycles. The molecule has 1 aromatic rings. The maximum atomic E-state index is 13.5. The summed E-state index contributed by atoms with van der Waals surface area (Å²) in [6.07, 6.45) is -6.83. The van der Waals surface area contributed by atoms with Crippen LogP contribution in [0.15, 0.2) is 29.2 Å². The second-order valence-electron chi connectivity index (χ2n) is 4.34. The number of anilines is 1. The van der Waals surface area contributed by atoms with E-state index in [1.54, 1.807) is 0 Å². The van der Waals surface area contributed by atoms with Gasteiger partial charge in [-0.3, -0.25) is 4.79 Å². The summed E-state index contributed by atoms with van der Waals surface area (Å²) in [7, 11) is -6.52. The fourth-order valence-corrected chi connectivity index (χ4v) is 2.91. The summed E-state index contributed by atoms with van der Waals surface area (Å²) in [5, 5.41) is 3.76. The number of carbonyl (C=O) groups is 1. The van der Waals surface area contributed by atoms with Gasteiger partial charge in [0.05, 0.1) is 10.6 Å². The number of sulfone groups is 1. The van der Waals surface area contributed by atoms with E-state index in [4.69, 9.17) is 5.11 Å². The molecule has 0 fully saturated rings. The smallest absolute Gasteiger partial charge is 0.461 e. The van der Waals surface area contributed by atoms with Crippen molar-refractivity contribution < 1.29 is 49.1 Å². The van der Waals surface area contributed by atoms with Crippen LogP contribution in [0.2, 0.25) is 0 Å². The van der Waals surface area contributed by atoms with Gasteiger partial charge in [0, 0.05) is 0 Å². The molecule has 0 radical (unpaired) electrons. The van der Waals surface area contributed by atoms with Crippen LogP contribution in [0.25, 0.3) is 0 Å². The highest BCUT2D eigenvalue weighted by atomic mass is 32.2. The van der Waals surface area contributed by atoms with Gasteiger partial charge < -0.3 is 10.4 Å². The van der Waals surface area contributed by atoms with Crippen molar-refractivity contribution in [1.82, 2.24) is 0 Å². The second-order valence-corrected chi connectivity index (χ2v) is 6.30. The van der Waals surface area contributed by atoms with E-state index in [-0.39, 0.29) is 0 Å². The normalized spacial score (nSPS) is 13.6. The maximum absolute atomic E-state index is 13.5. The molecule has 0 heterocycles. The molecule has 0 amide bonds. The number of carboxylic acids is 1. The van der Waals surface area contributed by atoms with Crippen LogP contribution in [0.5, 0.6) is 0 Å². The average Bonchev–Trinajstić information content (AvgIpc) is 2.43. The van der Waals surface area contributed by atoms with Gasteiger partial charge in [-0.05, 0) is 12.1 Å². The summed E-state index contributed by atoms with van der Waals surface area (Å²) >= 11 is 0. The molecule has 1 rings (SSSR count). The lowest BCUT2D eigenvalue weighted by Gasteiger charge is -2.28. The number of benzene rings is 1. The van der Waals surface area contributed by atoms with Gasteiger partial charge in [0.25, 0.3) is 9.84 Å². The Morgan fingerprint density at radius 2 is 1.54 bits per heavy atom. The predicted molar refractivity (Wildman–Crippen MR) is 65.7 cm³/mol. The molecule has 0 aliphatic rings. The highest BCUT2D eigenvalue weighted by Crippen LogP contribution is 2.51. The van der Waals surface area contributed by atoms with Gasteiger partial charge in [0.2, 0.25) is 0 Å². The number of nitrogens with one attached hydrogen (secondary N) is 1. The zero-order valence-electron chi connectivity index (χ0n) is 11.2. The van der Waals surface area contributed by atoms with E-state index in [9.17, 15) is 43.9 Å². The van der Waals surface area contributed by atoms with Crippen molar-refractivity contribution >= 4 is 21.5 Å². The van der Waals surface area contributed by atoms with E-state index in [2.05, 4.69) is 0 Å². The van der Waals surface area contributed by atoms with Crippen molar-refractivity contribution in [2.75, 3.05) is 11.9 Å². The molecule has 0 bridgehead atoms. The number of aliphatic carboxylic acids is 1. The Morgan fingerprint density at radius 3 is 2.00 bits per heavy atom. The van der Waals surface area contributed by atoms with Crippen LogP contribution in [0.4, 0.5) is 36.4 Å². The number of halogens is 7. The van der Waals surface area contributed by atoms with Crippen LogP contribution < -0.4 is 5.32 Å². The van der Waals surface area contributed by atoms with Gasteiger partial charge in [-0.25, -0.2) is 8.42 Å². The Bertz CT molecular complexity index is 730. The lowest BCUT2D eigenvalue weighted by Crippen LogP contribution is -2.56. The number of rotatable bonds is 6. The van der Waals surface area contributed by atoms with E-state index < -0.39 is 50.3 Å². The minimum absolute atomic E-state index is 0.347. The Kier molecular flexibility index (Phi) is 5.09. The third-order valence-electron chi connectivity index (χ3n) is 2.67. The summed E-state index contributed by atoms with van der Waals surface area (Å²) in [6.45, 7) is -0.992. The molecule has 0 saturated carbocycles. The Balaban J connectivity index is 3.48. The van der Waals surface area contributed by atoms with Crippen LogP contribution in [0.1, 0.15) is 0 Å². The topological polar surface area (TPSA) is 83.5 Å². The quantitative estimate of drug-likeness (QED) is 0.739. The molecule has 136 valence electrons. The van der Waals surface area contributed by atoms with Crippen molar-refractivity contribution in [1.29, 1.82) is 0 Å². The Morgan fingerprint density at radius 1 is 1.04 bits per heavy atom. The highest BCUT2D eigenvalue weighted by molar-refractivity contribution is 7.92. The highest BCUT2D eigenvalue weighted by Gasteiger charge is 2.78.